The van der Waals surface area contributed by atoms with Gasteiger partial charge in [-0.05, 0) is 58.0 Å². The standard InChI is InChI=1S/C14H16BrNS/c1-3-13(16-2)10-5-4-6-11(9-10)14-12(15)7-8-17-14/h4-9,13,16H,3H2,1-2H3. The summed E-state index contributed by atoms with van der Waals surface area (Å²) in [6.45, 7) is 2.20. The second kappa shape index (κ2) is 5.80. The van der Waals surface area contributed by atoms with Gasteiger partial charge in [0.15, 0.2) is 0 Å². The quantitative estimate of drug-likeness (QED) is 0.851. The van der Waals surface area contributed by atoms with Crippen LogP contribution in [-0.4, -0.2) is 7.05 Å². The van der Waals surface area contributed by atoms with Crippen molar-refractivity contribution >= 4 is 27.3 Å². The van der Waals surface area contributed by atoms with Gasteiger partial charge in [-0.2, -0.15) is 0 Å². The van der Waals surface area contributed by atoms with E-state index >= 15 is 0 Å². The predicted molar refractivity (Wildman–Crippen MR) is 79.5 cm³/mol. The molecular weight excluding hydrogens is 294 g/mol. The van der Waals surface area contributed by atoms with Crippen LogP contribution in [0.5, 0.6) is 0 Å². The summed E-state index contributed by atoms with van der Waals surface area (Å²) in [5.74, 6) is 0. The number of thiophene rings is 1. The molecule has 0 spiro atoms. The van der Waals surface area contributed by atoms with Gasteiger partial charge in [-0.3, -0.25) is 0 Å². The lowest BCUT2D eigenvalue weighted by atomic mass is 10.0. The molecule has 0 aliphatic carbocycles. The van der Waals surface area contributed by atoms with E-state index in [9.17, 15) is 0 Å². The molecule has 1 aromatic carbocycles. The van der Waals surface area contributed by atoms with E-state index in [0.29, 0.717) is 6.04 Å². The van der Waals surface area contributed by atoms with E-state index in [0.717, 1.165) is 6.42 Å². The van der Waals surface area contributed by atoms with Gasteiger partial charge in [-0.1, -0.05) is 25.1 Å². The van der Waals surface area contributed by atoms with Crippen molar-refractivity contribution in [3.05, 3.63) is 45.7 Å². The van der Waals surface area contributed by atoms with Crippen LogP contribution in [0.15, 0.2) is 40.2 Å². The van der Waals surface area contributed by atoms with Crippen LogP contribution in [0.4, 0.5) is 0 Å². The Hall–Kier alpha value is -0.640. The first kappa shape index (κ1) is 12.8. The Kier molecular flexibility index (Phi) is 4.37. The summed E-state index contributed by atoms with van der Waals surface area (Å²) in [6.07, 6.45) is 1.10. The maximum atomic E-state index is 3.59. The molecule has 2 aromatic rings. The lowest BCUT2D eigenvalue weighted by Crippen LogP contribution is -2.14. The smallest absolute Gasteiger partial charge is 0.0484 e. The molecule has 0 bridgehead atoms. The van der Waals surface area contributed by atoms with Crippen LogP contribution in [-0.2, 0) is 0 Å². The lowest BCUT2D eigenvalue weighted by molar-refractivity contribution is 0.577. The minimum Gasteiger partial charge on any atom is -0.313 e. The van der Waals surface area contributed by atoms with Crippen LogP contribution in [0.2, 0.25) is 0 Å². The highest BCUT2D eigenvalue weighted by Crippen LogP contribution is 2.34. The molecule has 3 heteroatoms. The Labute approximate surface area is 115 Å². The Morgan fingerprint density at radius 2 is 2.18 bits per heavy atom. The van der Waals surface area contributed by atoms with Crippen molar-refractivity contribution in [2.75, 3.05) is 7.05 Å². The number of nitrogens with one attached hydrogen (secondary N) is 1. The molecule has 0 fully saturated rings. The van der Waals surface area contributed by atoms with Crippen molar-refractivity contribution in [2.24, 2.45) is 0 Å². The van der Waals surface area contributed by atoms with E-state index in [1.807, 2.05) is 7.05 Å². The van der Waals surface area contributed by atoms with Crippen LogP contribution in [0.3, 0.4) is 0 Å². The molecule has 1 atom stereocenters. The van der Waals surface area contributed by atoms with Crippen LogP contribution >= 0.6 is 27.3 Å². The third kappa shape index (κ3) is 2.79. The molecule has 17 heavy (non-hydrogen) atoms. The molecule has 0 radical (unpaired) electrons. The fraction of sp³-hybridized carbons (Fsp3) is 0.286. The average Bonchev–Trinajstić information content (AvgIpc) is 2.77. The van der Waals surface area contributed by atoms with Gasteiger partial charge in [0.25, 0.3) is 0 Å². The van der Waals surface area contributed by atoms with Gasteiger partial charge in [-0.15, -0.1) is 11.3 Å². The largest absolute Gasteiger partial charge is 0.313 e. The van der Waals surface area contributed by atoms with Crippen molar-refractivity contribution in [2.45, 2.75) is 19.4 Å². The monoisotopic (exact) mass is 309 g/mol. The molecule has 1 aromatic heterocycles. The average molecular weight is 310 g/mol. The van der Waals surface area contributed by atoms with E-state index < -0.39 is 0 Å². The zero-order chi connectivity index (χ0) is 12.3. The van der Waals surface area contributed by atoms with Crippen LogP contribution < -0.4 is 5.32 Å². The lowest BCUT2D eigenvalue weighted by Gasteiger charge is -2.15. The minimum absolute atomic E-state index is 0.439. The molecule has 1 heterocycles. The zero-order valence-electron chi connectivity index (χ0n) is 10.0. The summed E-state index contributed by atoms with van der Waals surface area (Å²) < 4.78 is 1.18. The van der Waals surface area contributed by atoms with E-state index in [-0.39, 0.29) is 0 Å². The van der Waals surface area contributed by atoms with Crippen molar-refractivity contribution in [1.29, 1.82) is 0 Å². The third-order valence-electron chi connectivity index (χ3n) is 2.93. The van der Waals surface area contributed by atoms with Gasteiger partial charge in [0, 0.05) is 15.4 Å². The minimum atomic E-state index is 0.439. The van der Waals surface area contributed by atoms with Gasteiger partial charge in [0.2, 0.25) is 0 Å². The Morgan fingerprint density at radius 1 is 1.35 bits per heavy atom. The van der Waals surface area contributed by atoms with E-state index in [1.54, 1.807) is 11.3 Å². The fourth-order valence-corrected chi connectivity index (χ4v) is 3.60. The maximum absolute atomic E-state index is 3.59. The zero-order valence-corrected chi connectivity index (χ0v) is 12.4. The number of rotatable bonds is 4. The van der Waals surface area contributed by atoms with Gasteiger partial charge in [-0.25, -0.2) is 0 Å². The first-order valence-corrected chi connectivity index (χ1v) is 7.44. The highest BCUT2D eigenvalue weighted by Gasteiger charge is 2.09. The molecule has 2 rings (SSSR count). The van der Waals surface area contributed by atoms with Crippen molar-refractivity contribution in [3.63, 3.8) is 0 Å². The summed E-state index contributed by atoms with van der Waals surface area (Å²) in [7, 11) is 2.02. The molecule has 0 saturated heterocycles. The van der Waals surface area contributed by atoms with Crippen molar-refractivity contribution in [3.8, 4) is 10.4 Å². The molecular formula is C14H16BrNS. The van der Waals surface area contributed by atoms with Gasteiger partial charge >= 0.3 is 0 Å². The second-order valence-electron chi connectivity index (χ2n) is 3.97. The summed E-state index contributed by atoms with van der Waals surface area (Å²) in [5.41, 5.74) is 2.64. The maximum Gasteiger partial charge on any atom is 0.0484 e. The third-order valence-corrected chi connectivity index (χ3v) is 4.81. The summed E-state index contributed by atoms with van der Waals surface area (Å²) >= 11 is 5.36. The summed E-state index contributed by atoms with van der Waals surface area (Å²) in [5, 5.41) is 5.46. The first-order valence-electron chi connectivity index (χ1n) is 5.76. The number of hydrogen-bond donors (Lipinski definition) is 1. The topological polar surface area (TPSA) is 12.0 Å². The molecule has 1 unspecified atom stereocenters. The number of hydrogen-bond acceptors (Lipinski definition) is 2. The first-order chi connectivity index (χ1) is 8.26. The van der Waals surface area contributed by atoms with E-state index in [4.69, 9.17) is 0 Å². The normalized spacial score (nSPS) is 12.6. The molecule has 0 aliphatic heterocycles. The van der Waals surface area contributed by atoms with E-state index in [2.05, 4.69) is 63.9 Å². The predicted octanol–water partition coefficient (Wildman–Crippen LogP) is 4.85. The van der Waals surface area contributed by atoms with Gasteiger partial charge < -0.3 is 5.32 Å². The molecule has 0 aliphatic rings. The summed E-state index contributed by atoms with van der Waals surface area (Å²) in [6, 6.07) is 11.3. The van der Waals surface area contributed by atoms with Gasteiger partial charge in [0.05, 0.1) is 0 Å². The molecule has 1 nitrogen and oxygen atoms in total. The fourth-order valence-electron chi connectivity index (χ4n) is 2.00. The molecule has 0 amide bonds. The van der Waals surface area contributed by atoms with Crippen LogP contribution in [0.1, 0.15) is 24.9 Å². The van der Waals surface area contributed by atoms with Crippen molar-refractivity contribution < 1.29 is 0 Å². The molecule has 0 saturated carbocycles. The Bertz CT molecular complexity index is 488. The van der Waals surface area contributed by atoms with Gasteiger partial charge in [0.1, 0.15) is 0 Å². The van der Waals surface area contributed by atoms with Crippen LogP contribution in [0.25, 0.3) is 10.4 Å². The Morgan fingerprint density at radius 3 is 2.76 bits per heavy atom. The Balaban J connectivity index is 2.38. The molecule has 90 valence electrons. The summed E-state index contributed by atoms with van der Waals surface area (Å²) in [4.78, 5) is 1.30. The SMILES string of the molecule is CCC(NC)c1cccc(-c2sccc2Br)c1. The van der Waals surface area contributed by atoms with E-state index in [1.165, 1.54) is 20.5 Å². The second-order valence-corrected chi connectivity index (χ2v) is 5.74. The number of halogens is 1. The highest BCUT2D eigenvalue weighted by molar-refractivity contribution is 9.10. The van der Waals surface area contributed by atoms with Crippen LogP contribution in [0, 0.1) is 0 Å². The number of benzene rings is 1. The van der Waals surface area contributed by atoms with Crippen molar-refractivity contribution in [1.82, 2.24) is 5.32 Å². The highest BCUT2D eigenvalue weighted by atomic mass is 79.9. The molecule has 1 N–H and O–H groups in total.